The molecule has 3 amide bonds. The normalized spacial score (nSPS) is 12.1. The Morgan fingerprint density at radius 1 is 0.784 bits per heavy atom. The van der Waals surface area contributed by atoms with Crippen molar-refractivity contribution in [2.75, 3.05) is 5.75 Å². The summed E-state index contributed by atoms with van der Waals surface area (Å²) in [6.07, 6.45) is -0.611. The number of hydrogen-bond acceptors (Lipinski definition) is 7. The predicted octanol–water partition coefficient (Wildman–Crippen LogP) is 2.64. The van der Waals surface area contributed by atoms with Crippen LogP contribution in [0.1, 0.15) is 16.7 Å². The Morgan fingerprint density at radius 2 is 1.41 bits per heavy atom. The zero-order chi connectivity index (χ0) is 26.5. The van der Waals surface area contributed by atoms with E-state index in [-0.39, 0.29) is 24.5 Å². The minimum absolute atomic E-state index is 0.0528. The molecule has 0 saturated heterocycles. The van der Waals surface area contributed by atoms with E-state index in [1.54, 1.807) is 12.1 Å². The molecule has 0 fully saturated rings. The topological polar surface area (TPSA) is 143 Å². The number of phenolic OH excluding ortho intramolecular Hbond substituents is 1. The first-order chi connectivity index (χ1) is 17.9. The van der Waals surface area contributed by atoms with Crippen molar-refractivity contribution in [2.24, 2.45) is 5.84 Å². The highest BCUT2D eigenvalue weighted by atomic mass is 32.2. The highest BCUT2D eigenvalue weighted by Crippen LogP contribution is 2.15. The van der Waals surface area contributed by atoms with Gasteiger partial charge in [0.15, 0.2) is 0 Å². The standard InChI is InChI=1S/C27H30N4O5S/c28-31-26(34)23(15-19-11-13-22(32)14-12-19)29-25(33)24(18-37-17-21-9-5-2-6-10-21)30-27(35)36-16-20-7-3-1-4-8-20/h1-14,23-24,32H,15-18,28H2,(H,29,33)(H,30,35)(H,31,34)/t23-,24-/m0/s1. The van der Waals surface area contributed by atoms with E-state index in [1.807, 2.05) is 60.7 Å². The lowest BCUT2D eigenvalue weighted by molar-refractivity contribution is -0.129. The van der Waals surface area contributed by atoms with Crippen LogP contribution < -0.4 is 21.9 Å². The van der Waals surface area contributed by atoms with Crippen molar-refractivity contribution < 1.29 is 24.2 Å². The molecule has 3 rings (SSSR count). The second-order valence-corrected chi connectivity index (χ2v) is 9.23. The third kappa shape index (κ3) is 9.51. The molecule has 0 unspecified atom stereocenters. The monoisotopic (exact) mass is 522 g/mol. The van der Waals surface area contributed by atoms with Gasteiger partial charge in [0.1, 0.15) is 24.4 Å². The Hall–Kier alpha value is -4.02. The number of nitrogens with one attached hydrogen (secondary N) is 3. The van der Waals surface area contributed by atoms with Crippen molar-refractivity contribution in [3.63, 3.8) is 0 Å². The molecule has 0 heterocycles. The van der Waals surface area contributed by atoms with Crippen molar-refractivity contribution in [3.05, 3.63) is 102 Å². The molecule has 0 spiro atoms. The number of rotatable bonds is 12. The van der Waals surface area contributed by atoms with Crippen LogP contribution in [0.3, 0.4) is 0 Å². The van der Waals surface area contributed by atoms with Gasteiger partial charge in [-0.05, 0) is 28.8 Å². The lowest BCUT2D eigenvalue weighted by Gasteiger charge is -2.22. The van der Waals surface area contributed by atoms with Crippen molar-refractivity contribution in [2.45, 2.75) is 30.9 Å². The molecular formula is C27H30N4O5S. The molecule has 2 atom stereocenters. The SMILES string of the molecule is NNC(=O)[C@H](Cc1ccc(O)cc1)NC(=O)[C@H](CSCc1ccccc1)NC(=O)OCc1ccccc1. The second kappa shape index (κ2) is 14.5. The van der Waals surface area contributed by atoms with Crippen LogP contribution in [0.5, 0.6) is 5.75 Å². The highest BCUT2D eigenvalue weighted by Gasteiger charge is 2.27. The third-order valence-electron chi connectivity index (χ3n) is 5.37. The summed E-state index contributed by atoms with van der Waals surface area (Å²) in [5.74, 6) is 5.16. The second-order valence-electron chi connectivity index (χ2n) is 8.20. The van der Waals surface area contributed by atoms with Crippen LogP contribution >= 0.6 is 11.8 Å². The first-order valence-electron chi connectivity index (χ1n) is 11.6. The number of ether oxygens (including phenoxy) is 1. The molecule has 0 bridgehead atoms. The fourth-order valence-corrected chi connectivity index (χ4v) is 4.43. The summed E-state index contributed by atoms with van der Waals surface area (Å²) in [6, 6.07) is 23.2. The predicted molar refractivity (Wildman–Crippen MR) is 142 cm³/mol. The number of phenols is 1. The average molecular weight is 523 g/mol. The molecule has 0 radical (unpaired) electrons. The van der Waals surface area contributed by atoms with E-state index < -0.39 is 30.0 Å². The summed E-state index contributed by atoms with van der Waals surface area (Å²) < 4.78 is 5.29. The first-order valence-corrected chi connectivity index (χ1v) is 12.8. The van der Waals surface area contributed by atoms with Gasteiger partial charge in [-0.25, -0.2) is 10.6 Å². The number of amides is 3. The van der Waals surface area contributed by atoms with E-state index >= 15 is 0 Å². The maximum atomic E-state index is 13.2. The van der Waals surface area contributed by atoms with Crippen molar-refractivity contribution in [1.29, 1.82) is 0 Å². The van der Waals surface area contributed by atoms with Crippen LogP contribution in [-0.2, 0) is 33.1 Å². The number of thioether (sulfide) groups is 1. The smallest absolute Gasteiger partial charge is 0.408 e. The summed E-state index contributed by atoms with van der Waals surface area (Å²) >= 11 is 1.46. The maximum Gasteiger partial charge on any atom is 0.408 e. The van der Waals surface area contributed by atoms with E-state index in [1.165, 1.54) is 23.9 Å². The molecular weight excluding hydrogens is 492 g/mol. The van der Waals surface area contributed by atoms with Gasteiger partial charge in [0.05, 0.1) is 0 Å². The zero-order valence-electron chi connectivity index (χ0n) is 20.1. The van der Waals surface area contributed by atoms with Gasteiger partial charge in [-0.2, -0.15) is 11.8 Å². The number of carbonyl (C=O) groups is 3. The summed E-state index contributed by atoms with van der Waals surface area (Å²) in [6.45, 7) is 0.0528. The van der Waals surface area contributed by atoms with Crippen LogP contribution in [0.25, 0.3) is 0 Å². The number of aromatic hydroxyl groups is 1. The van der Waals surface area contributed by atoms with Gasteiger partial charge in [0.2, 0.25) is 5.91 Å². The number of carbonyl (C=O) groups excluding carboxylic acids is 3. The van der Waals surface area contributed by atoms with Gasteiger partial charge in [0.25, 0.3) is 5.91 Å². The fourth-order valence-electron chi connectivity index (χ4n) is 3.41. The van der Waals surface area contributed by atoms with Crippen LogP contribution in [0.4, 0.5) is 4.79 Å². The lowest BCUT2D eigenvalue weighted by Crippen LogP contribution is -2.56. The maximum absolute atomic E-state index is 13.2. The Bertz CT molecular complexity index is 1150. The summed E-state index contributed by atoms with van der Waals surface area (Å²) in [7, 11) is 0. The van der Waals surface area contributed by atoms with Gasteiger partial charge >= 0.3 is 6.09 Å². The molecule has 0 aliphatic carbocycles. The molecule has 9 nitrogen and oxygen atoms in total. The van der Waals surface area contributed by atoms with Crippen molar-refractivity contribution in [1.82, 2.24) is 16.1 Å². The quantitative estimate of drug-likeness (QED) is 0.140. The first kappa shape index (κ1) is 27.6. The summed E-state index contributed by atoms with van der Waals surface area (Å²) in [5, 5.41) is 14.8. The number of hydrazine groups is 1. The molecule has 0 aliphatic rings. The summed E-state index contributed by atoms with van der Waals surface area (Å²) in [4.78, 5) is 38.1. The number of nitrogens with two attached hydrogens (primary N) is 1. The average Bonchev–Trinajstić information content (AvgIpc) is 2.92. The Balaban J connectivity index is 1.66. The molecule has 3 aromatic rings. The summed E-state index contributed by atoms with van der Waals surface area (Å²) in [5.41, 5.74) is 4.66. The van der Waals surface area contributed by atoms with Gasteiger partial charge in [0, 0.05) is 17.9 Å². The Morgan fingerprint density at radius 3 is 2.03 bits per heavy atom. The van der Waals surface area contributed by atoms with Crippen LogP contribution in [0.15, 0.2) is 84.9 Å². The Kier molecular flexibility index (Phi) is 10.8. The minimum Gasteiger partial charge on any atom is -0.508 e. The van der Waals surface area contributed by atoms with Crippen LogP contribution in [0.2, 0.25) is 0 Å². The van der Waals surface area contributed by atoms with E-state index in [0.29, 0.717) is 11.3 Å². The molecule has 37 heavy (non-hydrogen) atoms. The molecule has 194 valence electrons. The van der Waals surface area contributed by atoms with Crippen LogP contribution in [-0.4, -0.2) is 40.9 Å². The Labute approximate surface area is 219 Å². The molecule has 6 N–H and O–H groups in total. The third-order valence-corrected chi connectivity index (χ3v) is 6.48. The van der Waals surface area contributed by atoms with Gasteiger partial charge in [-0.1, -0.05) is 72.8 Å². The van der Waals surface area contributed by atoms with E-state index in [4.69, 9.17) is 10.6 Å². The number of benzene rings is 3. The number of hydrogen-bond donors (Lipinski definition) is 5. The molecule has 0 aromatic heterocycles. The van der Waals surface area contributed by atoms with E-state index in [0.717, 1.165) is 11.1 Å². The van der Waals surface area contributed by atoms with E-state index in [2.05, 4.69) is 16.1 Å². The fraction of sp³-hybridized carbons (Fsp3) is 0.222. The van der Waals surface area contributed by atoms with Crippen molar-refractivity contribution in [3.8, 4) is 5.75 Å². The minimum atomic E-state index is -0.995. The van der Waals surface area contributed by atoms with Crippen LogP contribution in [0, 0.1) is 0 Å². The molecule has 10 heteroatoms. The van der Waals surface area contributed by atoms with E-state index in [9.17, 15) is 19.5 Å². The molecule has 0 aliphatic heterocycles. The highest BCUT2D eigenvalue weighted by molar-refractivity contribution is 7.98. The van der Waals surface area contributed by atoms with Gasteiger partial charge < -0.3 is 20.5 Å². The lowest BCUT2D eigenvalue weighted by atomic mass is 10.0. The molecule has 3 aromatic carbocycles. The molecule has 0 saturated carbocycles. The van der Waals surface area contributed by atoms with Gasteiger partial charge in [-0.15, -0.1) is 0 Å². The van der Waals surface area contributed by atoms with Gasteiger partial charge in [-0.3, -0.25) is 15.0 Å². The largest absolute Gasteiger partial charge is 0.508 e. The zero-order valence-corrected chi connectivity index (χ0v) is 20.9. The number of alkyl carbamates (subject to hydrolysis) is 1. The van der Waals surface area contributed by atoms with Crippen molar-refractivity contribution >= 4 is 29.7 Å².